The number of carboxylic acid groups (broad SMARTS) is 1. The van der Waals surface area contributed by atoms with E-state index in [2.05, 4.69) is 10.4 Å². The average Bonchev–Trinajstić information content (AvgIpc) is 2.68. The molecule has 1 heterocycles. The zero-order chi connectivity index (χ0) is 19.4. The number of ether oxygens (including phenoxy) is 2. The van der Waals surface area contributed by atoms with Gasteiger partial charge in [0, 0.05) is 18.8 Å². The molecule has 1 aromatic heterocycles. The second-order valence-corrected chi connectivity index (χ2v) is 5.60. The van der Waals surface area contributed by atoms with Gasteiger partial charge in [0.1, 0.15) is 11.5 Å². The number of carbonyl (C=O) groups is 1. The molecule has 8 heteroatoms. The molecule has 0 saturated heterocycles. The van der Waals surface area contributed by atoms with Crippen LogP contribution in [0.4, 0.5) is 11.4 Å². The number of rotatable bonds is 6. The fraction of sp³-hybridized carbons (Fsp3) is 0.105. The Labute approximate surface area is 154 Å². The fourth-order valence-electron chi connectivity index (χ4n) is 2.38. The van der Waals surface area contributed by atoms with Crippen molar-refractivity contribution >= 4 is 17.3 Å². The predicted octanol–water partition coefficient (Wildman–Crippen LogP) is 3.02. The lowest BCUT2D eigenvalue weighted by Crippen LogP contribution is -2.22. The third-order valence-electron chi connectivity index (χ3n) is 3.75. The van der Waals surface area contributed by atoms with Crippen LogP contribution in [0, 0.1) is 0 Å². The van der Waals surface area contributed by atoms with Gasteiger partial charge in [-0.3, -0.25) is 4.79 Å². The van der Waals surface area contributed by atoms with Gasteiger partial charge in [-0.05, 0) is 30.3 Å². The molecule has 0 saturated carbocycles. The van der Waals surface area contributed by atoms with Gasteiger partial charge in [-0.2, -0.15) is 5.10 Å². The van der Waals surface area contributed by atoms with Crippen molar-refractivity contribution in [2.45, 2.75) is 0 Å². The quantitative estimate of drug-likeness (QED) is 0.690. The van der Waals surface area contributed by atoms with Crippen LogP contribution in [0.2, 0.25) is 0 Å². The summed E-state index contributed by atoms with van der Waals surface area (Å²) in [5.74, 6) is 0.209. The molecule has 2 aromatic carbocycles. The second-order valence-electron chi connectivity index (χ2n) is 5.60. The SMILES string of the molecule is COc1cccc(Oc2cnn(C)c(=O)c2Nc2cccc(C(=O)O)c2)c1. The van der Waals surface area contributed by atoms with E-state index in [1.54, 1.807) is 43.5 Å². The minimum Gasteiger partial charge on any atom is -0.497 e. The van der Waals surface area contributed by atoms with Crippen molar-refractivity contribution in [1.29, 1.82) is 0 Å². The van der Waals surface area contributed by atoms with Crippen LogP contribution in [0.5, 0.6) is 17.2 Å². The van der Waals surface area contributed by atoms with Crippen molar-refractivity contribution < 1.29 is 19.4 Å². The van der Waals surface area contributed by atoms with Gasteiger partial charge < -0.3 is 19.9 Å². The second kappa shape index (κ2) is 7.61. The van der Waals surface area contributed by atoms with Crippen molar-refractivity contribution in [1.82, 2.24) is 9.78 Å². The van der Waals surface area contributed by atoms with Gasteiger partial charge >= 0.3 is 5.97 Å². The third kappa shape index (κ3) is 4.06. The minimum atomic E-state index is -1.06. The summed E-state index contributed by atoms with van der Waals surface area (Å²) in [4.78, 5) is 23.7. The van der Waals surface area contributed by atoms with Crippen LogP contribution in [-0.2, 0) is 7.05 Å². The number of anilines is 2. The molecule has 0 unspecified atom stereocenters. The van der Waals surface area contributed by atoms with E-state index in [-0.39, 0.29) is 17.0 Å². The van der Waals surface area contributed by atoms with Crippen LogP contribution in [0.15, 0.2) is 59.5 Å². The average molecular weight is 367 g/mol. The number of aromatic carboxylic acids is 1. The lowest BCUT2D eigenvalue weighted by Gasteiger charge is -2.14. The molecule has 0 fully saturated rings. The summed E-state index contributed by atoms with van der Waals surface area (Å²) in [5, 5.41) is 16.0. The number of aromatic nitrogens is 2. The van der Waals surface area contributed by atoms with Crippen molar-refractivity contribution in [2.24, 2.45) is 7.05 Å². The van der Waals surface area contributed by atoms with Gasteiger partial charge in [-0.25, -0.2) is 9.48 Å². The van der Waals surface area contributed by atoms with E-state index in [1.807, 2.05) is 0 Å². The van der Waals surface area contributed by atoms with Crippen LogP contribution in [0.1, 0.15) is 10.4 Å². The van der Waals surface area contributed by atoms with Crippen LogP contribution < -0.4 is 20.3 Å². The Morgan fingerprint density at radius 2 is 1.89 bits per heavy atom. The highest BCUT2D eigenvalue weighted by Gasteiger charge is 2.14. The first kappa shape index (κ1) is 18.0. The summed E-state index contributed by atoms with van der Waals surface area (Å²) < 4.78 is 12.1. The monoisotopic (exact) mass is 367 g/mol. The third-order valence-corrected chi connectivity index (χ3v) is 3.75. The van der Waals surface area contributed by atoms with E-state index in [0.717, 1.165) is 4.68 Å². The molecule has 138 valence electrons. The van der Waals surface area contributed by atoms with E-state index in [0.29, 0.717) is 17.2 Å². The number of hydrogen-bond acceptors (Lipinski definition) is 6. The van der Waals surface area contributed by atoms with E-state index in [4.69, 9.17) is 14.6 Å². The molecule has 0 amide bonds. The van der Waals surface area contributed by atoms with Crippen LogP contribution in [0.25, 0.3) is 0 Å². The van der Waals surface area contributed by atoms with Crippen LogP contribution in [0.3, 0.4) is 0 Å². The Morgan fingerprint density at radius 1 is 1.15 bits per heavy atom. The van der Waals surface area contributed by atoms with Crippen LogP contribution in [-0.4, -0.2) is 28.0 Å². The van der Waals surface area contributed by atoms with E-state index >= 15 is 0 Å². The molecule has 0 radical (unpaired) electrons. The molecule has 0 aliphatic carbocycles. The lowest BCUT2D eigenvalue weighted by atomic mass is 10.2. The molecule has 0 aliphatic heterocycles. The molecule has 3 rings (SSSR count). The summed E-state index contributed by atoms with van der Waals surface area (Å²) in [7, 11) is 3.05. The molecule has 2 N–H and O–H groups in total. The number of carboxylic acids is 1. The first-order valence-electron chi connectivity index (χ1n) is 7.96. The molecule has 0 spiro atoms. The normalized spacial score (nSPS) is 10.3. The zero-order valence-electron chi connectivity index (χ0n) is 14.7. The summed E-state index contributed by atoms with van der Waals surface area (Å²) in [6.45, 7) is 0. The standard InChI is InChI=1S/C19H17N3O5/c1-22-18(23)17(21-13-6-3-5-12(9-13)19(24)25)16(11-20-22)27-15-8-4-7-14(10-15)26-2/h3-11,21H,1-2H3,(H,24,25). The number of nitrogens with zero attached hydrogens (tertiary/aromatic N) is 2. The zero-order valence-corrected chi connectivity index (χ0v) is 14.7. The van der Waals surface area contributed by atoms with Gasteiger partial charge in [0.2, 0.25) is 0 Å². The first-order chi connectivity index (χ1) is 13.0. The van der Waals surface area contributed by atoms with Crippen molar-refractivity contribution in [3.05, 3.63) is 70.6 Å². The lowest BCUT2D eigenvalue weighted by molar-refractivity contribution is 0.0697. The number of nitrogens with one attached hydrogen (secondary N) is 1. The minimum absolute atomic E-state index is 0.0983. The largest absolute Gasteiger partial charge is 0.497 e. The van der Waals surface area contributed by atoms with Crippen LogP contribution >= 0.6 is 0 Å². The van der Waals surface area contributed by atoms with Gasteiger partial charge in [0.15, 0.2) is 11.4 Å². The van der Waals surface area contributed by atoms with Gasteiger partial charge in [0.25, 0.3) is 5.56 Å². The number of methoxy groups -OCH3 is 1. The number of hydrogen-bond donors (Lipinski definition) is 2. The first-order valence-corrected chi connectivity index (χ1v) is 7.96. The van der Waals surface area contributed by atoms with E-state index < -0.39 is 11.5 Å². The summed E-state index contributed by atoms with van der Waals surface area (Å²) in [6.07, 6.45) is 1.41. The maximum atomic E-state index is 12.5. The highest BCUT2D eigenvalue weighted by atomic mass is 16.5. The maximum absolute atomic E-state index is 12.5. The number of benzene rings is 2. The predicted molar refractivity (Wildman–Crippen MR) is 99.2 cm³/mol. The summed E-state index contributed by atoms with van der Waals surface area (Å²) in [5.41, 5.74) is 0.254. The van der Waals surface area contributed by atoms with Crippen molar-refractivity contribution in [3.63, 3.8) is 0 Å². The molecule has 8 nitrogen and oxygen atoms in total. The molecule has 0 atom stereocenters. The fourth-order valence-corrected chi connectivity index (χ4v) is 2.38. The Morgan fingerprint density at radius 3 is 2.63 bits per heavy atom. The topological polar surface area (TPSA) is 103 Å². The summed E-state index contributed by atoms with van der Waals surface area (Å²) in [6, 6.07) is 13.0. The number of aryl methyl sites for hydroxylation is 1. The van der Waals surface area contributed by atoms with Gasteiger partial charge in [-0.1, -0.05) is 12.1 Å². The highest BCUT2D eigenvalue weighted by Crippen LogP contribution is 2.30. The van der Waals surface area contributed by atoms with Gasteiger partial charge in [-0.15, -0.1) is 0 Å². The van der Waals surface area contributed by atoms with Crippen molar-refractivity contribution in [2.75, 3.05) is 12.4 Å². The maximum Gasteiger partial charge on any atom is 0.335 e. The molecule has 0 bridgehead atoms. The Bertz CT molecular complexity index is 1050. The van der Waals surface area contributed by atoms with Crippen molar-refractivity contribution in [3.8, 4) is 17.2 Å². The molecule has 0 aliphatic rings. The Balaban J connectivity index is 1.99. The molecular weight excluding hydrogens is 350 g/mol. The highest BCUT2D eigenvalue weighted by molar-refractivity contribution is 5.89. The van der Waals surface area contributed by atoms with E-state index in [9.17, 15) is 9.59 Å². The molecule has 3 aromatic rings. The molecule has 27 heavy (non-hydrogen) atoms. The smallest absolute Gasteiger partial charge is 0.335 e. The summed E-state index contributed by atoms with van der Waals surface area (Å²) >= 11 is 0. The van der Waals surface area contributed by atoms with E-state index in [1.165, 1.54) is 25.4 Å². The van der Waals surface area contributed by atoms with Gasteiger partial charge in [0.05, 0.1) is 18.9 Å². The Hall–Kier alpha value is -3.81. The Kier molecular flexibility index (Phi) is 5.07. The molecular formula is C19H17N3O5.